The van der Waals surface area contributed by atoms with Gasteiger partial charge in [0.2, 0.25) is 0 Å². The molecule has 1 fully saturated rings. The van der Waals surface area contributed by atoms with Gasteiger partial charge in [0, 0.05) is 24.2 Å². The lowest BCUT2D eigenvalue weighted by Gasteiger charge is -2.13. The molecule has 4 heteroatoms. The van der Waals surface area contributed by atoms with E-state index in [9.17, 15) is 9.90 Å². The molecule has 0 aliphatic carbocycles. The van der Waals surface area contributed by atoms with Crippen LogP contribution < -0.4 is 5.32 Å². The van der Waals surface area contributed by atoms with E-state index in [1.54, 1.807) is 25.1 Å². The average molecular weight is 248 g/mol. The molecule has 0 saturated carbocycles. The van der Waals surface area contributed by atoms with Gasteiger partial charge in [0.1, 0.15) is 5.75 Å². The lowest BCUT2D eigenvalue weighted by Crippen LogP contribution is -2.30. The van der Waals surface area contributed by atoms with E-state index in [0.717, 1.165) is 19.5 Å². The van der Waals surface area contributed by atoms with E-state index in [1.165, 1.54) is 0 Å². The van der Waals surface area contributed by atoms with Crippen LogP contribution in [0, 0.1) is 12.8 Å². The van der Waals surface area contributed by atoms with Gasteiger partial charge in [-0.25, -0.2) is 0 Å². The molecular formula is C14H20N2O2. The number of carbonyl (C=O) groups excluding carboxylic acids is 1. The first-order valence-electron chi connectivity index (χ1n) is 6.33. The van der Waals surface area contributed by atoms with E-state index < -0.39 is 0 Å². The van der Waals surface area contributed by atoms with Gasteiger partial charge in [-0.2, -0.15) is 0 Å². The third-order valence-corrected chi connectivity index (χ3v) is 3.59. The lowest BCUT2D eigenvalue weighted by molar-refractivity contribution is 0.0946. The topological polar surface area (TPSA) is 52.6 Å². The van der Waals surface area contributed by atoms with Gasteiger partial charge >= 0.3 is 0 Å². The van der Waals surface area contributed by atoms with Crippen molar-refractivity contribution in [3.05, 3.63) is 29.3 Å². The Kier molecular flexibility index (Phi) is 3.87. The average Bonchev–Trinajstić information content (AvgIpc) is 2.76. The number of hydrogen-bond donors (Lipinski definition) is 2. The predicted molar refractivity (Wildman–Crippen MR) is 70.8 cm³/mol. The molecule has 98 valence electrons. The number of phenols is 1. The minimum atomic E-state index is -0.0991. The summed E-state index contributed by atoms with van der Waals surface area (Å²) in [6.07, 6.45) is 1.13. The number of aromatic hydroxyl groups is 1. The Morgan fingerprint density at radius 3 is 3.00 bits per heavy atom. The summed E-state index contributed by atoms with van der Waals surface area (Å²) >= 11 is 0. The zero-order chi connectivity index (χ0) is 13.1. The van der Waals surface area contributed by atoms with E-state index >= 15 is 0 Å². The van der Waals surface area contributed by atoms with Crippen LogP contribution in [0.15, 0.2) is 18.2 Å². The third kappa shape index (κ3) is 2.82. The number of amides is 1. The summed E-state index contributed by atoms with van der Waals surface area (Å²) in [5.74, 6) is 0.609. The Morgan fingerprint density at radius 1 is 1.56 bits per heavy atom. The van der Waals surface area contributed by atoms with Crippen LogP contribution in [0.2, 0.25) is 0 Å². The second kappa shape index (κ2) is 5.40. The van der Waals surface area contributed by atoms with Gasteiger partial charge < -0.3 is 15.3 Å². The standard InChI is InChI=1S/C14H20N2O2/c1-10-12(4-3-5-13(10)17)14(18)15-8-11-6-7-16(2)9-11/h3-5,11,17H,6-9H2,1-2H3,(H,15,18). The number of nitrogens with one attached hydrogen (secondary N) is 1. The molecule has 2 rings (SSSR count). The summed E-state index contributed by atoms with van der Waals surface area (Å²) in [6.45, 7) is 4.61. The quantitative estimate of drug-likeness (QED) is 0.849. The molecule has 1 atom stereocenters. The van der Waals surface area contributed by atoms with Gasteiger partial charge in [-0.3, -0.25) is 4.79 Å². The maximum absolute atomic E-state index is 12.0. The van der Waals surface area contributed by atoms with Gasteiger partial charge in [0.15, 0.2) is 0 Å². The molecule has 1 unspecified atom stereocenters. The largest absolute Gasteiger partial charge is 0.508 e. The van der Waals surface area contributed by atoms with E-state index in [4.69, 9.17) is 0 Å². The van der Waals surface area contributed by atoms with Crippen LogP contribution in [0.3, 0.4) is 0 Å². The monoisotopic (exact) mass is 248 g/mol. The number of benzene rings is 1. The van der Waals surface area contributed by atoms with Crippen LogP contribution in [0.1, 0.15) is 22.3 Å². The SMILES string of the molecule is Cc1c(O)cccc1C(=O)NCC1CCN(C)C1. The van der Waals surface area contributed by atoms with Crippen LogP contribution in [-0.4, -0.2) is 42.6 Å². The Morgan fingerprint density at radius 2 is 2.33 bits per heavy atom. The van der Waals surface area contributed by atoms with Gasteiger partial charge in [0.25, 0.3) is 5.91 Å². The van der Waals surface area contributed by atoms with Crippen molar-refractivity contribution in [3.8, 4) is 5.75 Å². The van der Waals surface area contributed by atoms with E-state index in [0.29, 0.717) is 23.6 Å². The molecule has 2 N–H and O–H groups in total. The van der Waals surface area contributed by atoms with Crippen molar-refractivity contribution < 1.29 is 9.90 Å². The zero-order valence-electron chi connectivity index (χ0n) is 10.9. The van der Waals surface area contributed by atoms with Gasteiger partial charge in [-0.05, 0) is 45.0 Å². The first-order chi connectivity index (χ1) is 8.58. The first kappa shape index (κ1) is 12.9. The van der Waals surface area contributed by atoms with Crippen molar-refractivity contribution in [1.29, 1.82) is 0 Å². The summed E-state index contributed by atoms with van der Waals surface area (Å²) in [6, 6.07) is 5.03. The van der Waals surface area contributed by atoms with E-state index in [1.807, 2.05) is 0 Å². The van der Waals surface area contributed by atoms with Crippen molar-refractivity contribution in [3.63, 3.8) is 0 Å². The van der Waals surface area contributed by atoms with Gasteiger partial charge in [-0.1, -0.05) is 6.07 Å². The van der Waals surface area contributed by atoms with E-state index in [2.05, 4.69) is 17.3 Å². The molecule has 1 aromatic rings. The summed E-state index contributed by atoms with van der Waals surface area (Å²) < 4.78 is 0. The molecule has 0 radical (unpaired) electrons. The summed E-state index contributed by atoms with van der Waals surface area (Å²) in [7, 11) is 2.10. The highest BCUT2D eigenvalue weighted by atomic mass is 16.3. The fourth-order valence-electron chi connectivity index (χ4n) is 2.39. The number of phenolic OH excluding ortho intramolecular Hbond substituents is 1. The Bertz CT molecular complexity index is 445. The zero-order valence-corrected chi connectivity index (χ0v) is 10.9. The van der Waals surface area contributed by atoms with Crippen molar-refractivity contribution >= 4 is 5.91 Å². The molecule has 1 amide bonds. The molecule has 1 aliphatic rings. The summed E-state index contributed by atoms with van der Waals surface area (Å²) in [4.78, 5) is 14.3. The van der Waals surface area contributed by atoms with Gasteiger partial charge in [0.05, 0.1) is 0 Å². The molecule has 4 nitrogen and oxygen atoms in total. The summed E-state index contributed by atoms with van der Waals surface area (Å²) in [5, 5.41) is 12.5. The van der Waals surface area contributed by atoms with Crippen LogP contribution >= 0.6 is 0 Å². The Hall–Kier alpha value is -1.55. The lowest BCUT2D eigenvalue weighted by atomic mass is 10.1. The fourth-order valence-corrected chi connectivity index (χ4v) is 2.39. The minimum Gasteiger partial charge on any atom is -0.508 e. The predicted octanol–water partition coefficient (Wildman–Crippen LogP) is 1.38. The highest BCUT2D eigenvalue weighted by Crippen LogP contribution is 2.19. The molecular weight excluding hydrogens is 228 g/mol. The minimum absolute atomic E-state index is 0.0991. The molecule has 0 aromatic heterocycles. The van der Waals surface area contributed by atoms with E-state index in [-0.39, 0.29) is 11.7 Å². The highest BCUT2D eigenvalue weighted by Gasteiger charge is 2.20. The van der Waals surface area contributed by atoms with Crippen LogP contribution in [0.5, 0.6) is 5.75 Å². The Balaban J connectivity index is 1.94. The smallest absolute Gasteiger partial charge is 0.251 e. The molecule has 1 saturated heterocycles. The summed E-state index contributed by atoms with van der Waals surface area (Å²) in [5.41, 5.74) is 1.19. The number of nitrogens with zero attached hydrogens (tertiary/aromatic N) is 1. The number of carbonyl (C=O) groups is 1. The molecule has 1 aliphatic heterocycles. The van der Waals surface area contributed by atoms with Crippen molar-refractivity contribution in [2.75, 3.05) is 26.7 Å². The maximum Gasteiger partial charge on any atom is 0.251 e. The number of hydrogen-bond acceptors (Lipinski definition) is 3. The van der Waals surface area contributed by atoms with Crippen molar-refractivity contribution in [2.24, 2.45) is 5.92 Å². The van der Waals surface area contributed by atoms with Crippen molar-refractivity contribution in [1.82, 2.24) is 10.2 Å². The molecule has 18 heavy (non-hydrogen) atoms. The van der Waals surface area contributed by atoms with Gasteiger partial charge in [-0.15, -0.1) is 0 Å². The van der Waals surface area contributed by atoms with Crippen LogP contribution in [0.4, 0.5) is 0 Å². The highest BCUT2D eigenvalue weighted by molar-refractivity contribution is 5.96. The van der Waals surface area contributed by atoms with Crippen LogP contribution in [-0.2, 0) is 0 Å². The first-order valence-corrected chi connectivity index (χ1v) is 6.33. The van der Waals surface area contributed by atoms with Crippen molar-refractivity contribution in [2.45, 2.75) is 13.3 Å². The fraction of sp³-hybridized carbons (Fsp3) is 0.500. The molecule has 0 bridgehead atoms. The van der Waals surface area contributed by atoms with Crippen LogP contribution in [0.25, 0.3) is 0 Å². The molecule has 0 spiro atoms. The molecule has 1 aromatic carbocycles. The number of rotatable bonds is 3. The maximum atomic E-state index is 12.0. The third-order valence-electron chi connectivity index (χ3n) is 3.59. The Labute approximate surface area is 108 Å². The molecule has 1 heterocycles. The second-order valence-corrected chi connectivity index (χ2v) is 5.08. The number of likely N-dealkylation sites (tertiary alicyclic amines) is 1. The normalized spacial score (nSPS) is 20.0. The second-order valence-electron chi connectivity index (χ2n) is 5.08.